The van der Waals surface area contributed by atoms with Crippen LogP contribution in [0.25, 0.3) is 0 Å². The molecule has 21 heavy (non-hydrogen) atoms. The Labute approximate surface area is 123 Å². The lowest BCUT2D eigenvalue weighted by Gasteiger charge is -2.38. The van der Waals surface area contributed by atoms with Crippen molar-refractivity contribution in [1.82, 2.24) is 9.88 Å². The molecule has 1 aromatic rings. The fraction of sp³-hybridized carbons (Fsp3) is 0.600. The van der Waals surface area contributed by atoms with E-state index in [1.165, 1.54) is 6.07 Å². The fourth-order valence-corrected chi connectivity index (χ4v) is 2.94. The first kappa shape index (κ1) is 15.7. The Morgan fingerprint density at radius 2 is 2.24 bits per heavy atom. The summed E-state index contributed by atoms with van der Waals surface area (Å²) in [7, 11) is 0. The number of likely N-dealkylation sites (tertiary alicyclic amines) is 1. The molecule has 1 fully saturated rings. The smallest absolute Gasteiger partial charge is 0.352 e. The van der Waals surface area contributed by atoms with Gasteiger partial charge in [0.05, 0.1) is 6.10 Å². The van der Waals surface area contributed by atoms with Crippen molar-refractivity contribution in [1.29, 1.82) is 0 Å². The minimum absolute atomic E-state index is 0.0214. The zero-order valence-corrected chi connectivity index (χ0v) is 12.5. The predicted octanol–water partition coefficient (Wildman–Crippen LogP) is 1.64. The molecule has 1 aliphatic rings. The van der Waals surface area contributed by atoms with Crippen LogP contribution in [0.5, 0.6) is 0 Å². The van der Waals surface area contributed by atoms with Crippen LogP contribution in [0.3, 0.4) is 0 Å². The molecular weight excluding hydrogens is 272 g/mol. The van der Waals surface area contributed by atoms with E-state index in [1.54, 1.807) is 6.07 Å². The molecule has 2 atom stereocenters. The van der Waals surface area contributed by atoms with E-state index in [0.29, 0.717) is 12.2 Å². The number of carboxylic acid groups (broad SMARTS) is 1. The summed E-state index contributed by atoms with van der Waals surface area (Å²) in [5.74, 6) is -1.12. The van der Waals surface area contributed by atoms with E-state index in [-0.39, 0.29) is 23.4 Å². The van der Waals surface area contributed by atoms with Gasteiger partial charge in [0.25, 0.3) is 5.56 Å². The van der Waals surface area contributed by atoms with Gasteiger partial charge >= 0.3 is 5.97 Å². The normalized spacial score (nSPS) is 23.1. The van der Waals surface area contributed by atoms with Crippen LogP contribution in [0.2, 0.25) is 0 Å². The highest BCUT2D eigenvalue weighted by Gasteiger charge is 2.30. The monoisotopic (exact) mass is 294 g/mol. The number of nitrogens with one attached hydrogen (secondary N) is 1. The van der Waals surface area contributed by atoms with Crippen molar-refractivity contribution >= 4 is 5.97 Å². The molecule has 1 aliphatic heterocycles. The van der Waals surface area contributed by atoms with Gasteiger partial charge in [0.1, 0.15) is 5.69 Å². The Kier molecular flexibility index (Phi) is 5.14. The molecule has 0 aliphatic carbocycles. The SMILES string of the molecule is CCO[C@H]1CCN(CC)[C@H](c2ccc(C(=O)O)[nH]c2=O)C1. The summed E-state index contributed by atoms with van der Waals surface area (Å²) >= 11 is 0. The zero-order valence-electron chi connectivity index (χ0n) is 12.5. The van der Waals surface area contributed by atoms with E-state index in [9.17, 15) is 9.59 Å². The maximum atomic E-state index is 12.2. The third kappa shape index (κ3) is 3.51. The Morgan fingerprint density at radius 3 is 2.81 bits per heavy atom. The summed E-state index contributed by atoms with van der Waals surface area (Å²) < 4.78 is 5.70. The van der Waals surface area contributed by atoms with Gasteiger partial charge in [-0.2, -0.15) is 0 Å². The van der Waals surface area contributed by atoms with Gasteiger partial charge in [-0.15, -0.1) is 0 Å². The fourth-order valence-electron chi connectivity index (χ4n) is 2.94. The predicted molar refractivity (Wildman–Crippen MR) is 78.7 cm³/mol. The quantitative estimate of drug-likeness (QED) is 0.862. The summed E-state index contributed by atoms with van der Waals surface area (Å²) in [5, 5.41) is 8.92. The Balaban J connectivity index is 2.28. The number of H-pyrrole nitrogens is 1. The number of pyridine rings is 1. The van der Waals surface area contributed by atoms with E-state index in [2.05, 4.69) is 16.8 Å². The molecule has 0 bridgehead atoms. The number of rotatable bonds is 5. The number of aromatic carboxylic acids is 1. The van der Waals surface area contributed by atoms with E-state index in [1.807, 2.05) is 6.92 Å². The molecule has 6 heteroatoms. The minimum atomic E-state index is -1.12. The van der Waals surface area contributed by atoms with Crippen LogP contribution in [0, 0.1) is 0 Å². The van der Waals surface area contributed by atoms with Crippen LogP contribution in [0.1, 0.15) is 48.8 Å². The van der Waals surface area contributed by atoms with Gasteiger partial charge in [0.2, 0.25) is 0 Å². The van der Waals surface area contributed by atoms with Crippen molar-refractivity contribution in [2.45, 2.75) is 38.8 Å². The van der Waals surface area contributed by atoms with Crippen LogP contribution in [-0.2, 0) is 4.74 Å². The largest absolute Gasteiger partial charge is 0.477 e. The second-order valence-electron chi connectivity index (χ2n) is 5.21. The number of ether oxygens (including phenoxy) is 1. The van der Waals surface area contributed by atoms with Gasteiger partial charge in [0, 0.05) is 24.8 Å². The summed E-state index contributed by atoms with van der Waals surface area (Å²) in [6.45, 7) is 6.43. The van der Waals surface area contributed by atoms with E-state index in [0.717, 1.165) is 25.9 Å². The van der Waals surface area contributed by atoms with Crippen molar-refractivity contribution in [2.24, 2.45) is 0 Å². The first-order chi connectivity index (χ1) is 10.1. The van der Waals surface area contributed by atoms with Crippen molar-refractivity contribution in [2.75, 3.05) is 19.7 Å². The topological polar surface area (TPSA) is 82.6 Å². The van der Waals surface area contributed by atoms with E-state index in [4.69, 9.17) is 9.84 Å². The lowest BCUT2D eigenvalue weighted by atomic mass is 9.94. The van der Waals surface area contributed by atoms with Gasteiger partial charge in [-0.1, -0.05) is 6.92 Å². The second-order valence-corrected chi connectivity index (χ2v) is 5.21. The van der Waals surface area contributed by atoms with Gasteiger partial charge in [-0.25, -0.2) is 4.79 Å². The summed E-state index contributed by atoms with van der Waals surface area (Å²) in [6, 6.07) is 3.06. The number of carbonyl (C=O) groups is 1. The minimum Gasteiger partial charge on any atom is -0.477 e. The molecular formula is C15H22N2O4. The number of hydrogen-bond acceptors (Lipinski definition) is 4. The maximum absolute atomic E-state index is 12.2. The standard InChI is InChI=1S/C15H22N2O4/c1-3-17-8-7-10(21-4-2)9-13(17)11-5-6-12(15(19)20)16-14(11)18/h5-6,10,13H,3-4,7-9H2,1-2H3,(H,16,18)(H,19,20)/t10-,13-/m0/s1. The molecule has 0 unspecified atom stereocenters. The van der Waals surface area contributed by atoms with E-state index < -0.39 is 5.97 Å². The van der Waals surface area contributed by atoms with E-state index >= 15 is 0 Å². The van der Waals surface area contributed by atoms with Crippen LogP contribution in [0.4, 0.5) is 0 Å². The van der Waals surface area contributed by atoms with Gasteiger partial charge in [0.15, 0.2) is 0 Å². The van der Waals surface area contributed by atoms with Gasteiger partial charge in [-0.05, 0) is 38.4 Å². The molecule has 0 radical (unpaired) electrons. The maximum Gasteiger partial charge on any atom is 0.352 e. The molecule has 116 valence electrons. The number of aromatic amines is 1. The molecule has 0 amide bonds. The first-order valence-electron chi connectivity index (χ1n) is 7.39. The third-order valence-corrected chi connectivity index (χ3v) is 4.00. The highest BCUT2D eigenvalue weighted by atomic mass is 16.5. The molecule has 0 spiro atoms. The molecule has 1 aromatic heterocycles. The van der Waals surface area contributed by atoms with Gasteiger partial charge in [-0.3, -0.25) is 9.69 Å². The number of aromatic nitrogens is 1. The first-order valence-corrected chi connectivity index (χ1v) is 7.39. The third-order valence-electron chi connectivity index (χ3n) is 4.00. The van der Waals surface area contributed by atoms with Crippen molar-refractivity contribution < 1.29 is 14.6 Å². The Hall–Kier alpha value is -1.66. The number of hydrogen-bond donors (Lipinski definition) is 2. The van der Waals surface area contributed by atoms with Crippen molar-refractivity contribution in [3.8, 4) is 0 Å². The van der Waals surface area contributed by atoms with Crippen molar-refractivity contribution in [3.63, 3.8) is 0 Å². The molecule has 2 rings (SSSR count). The zero-order chi connectivity index (χ0) is 15.4. The Bertz CT molecular complexity index is 555. The average molecular weight is 294 g/mol. The number of carboxylic acids is 1. The summed E-state index contributed by atoms with van der Waals surface area (Å²) in [5.41, 5.74) is 0.214. The van der Waals surface area contributed by atoms with Crippen LogP contribution in [0.15, 0.2) is 16.9 Å². The summed E-state index contributed by atoms with van der Waals surface area (Å²) in [6.07, 6.45) is 1.88. The lowest BCUT2D eigenvalue weighted by molar-refractivity contribution is -0.00979. The van der Waals surface area contributed by atoms with Crippen LogP contribution in [-0.4, -0.2) is 46.8 Å². The highest BCUT2D eigenvalue weighted by Crippen LogP contribution is 2.30. The number of piperidine rings is 1. The van der Waals surface area contributed by atoms with Crippen LogP contribution < -0.4 is 5.56 Å². The molecule has 2 N–H and O–H groups in total. The molecule has 1 saturated heterocycles. The molecule has 6 nitrogen and oxygen atoms in total. The lowest BCUT2D eigenvalue weighted by Crippen LogP contribution is -2.41. The average Bonchev–Trinajstić information content (AvgIpc) is 2.47. The highest BCUT2D eigenvalue weighted by molar-refractivity contribution is 5.85. The van der Waals surface area contributed by atoms with Crippen molar-refractivity contribution in [3.05, 3.63) is 33.7 Å². The molecule has 0 saturated carbocycles. The Morgan fingerprint density at radius 1 is 1.48 bits per heavy atom. The molecule has 0 aromatic carbocycles. The van der Waals surface area contributed by atoms with Gasteiger partial charge < -0.3 is 14.8 Å². The second kappa shape index (κ2) is 6.87. The number of nitrogens with zero attached hydrogens (tertiary/aromatic N) is 1. The molecule has 2 heterocycles. The summed E-state index contributed by atoms with van der Waals surface area (Å²) in [4.78, 5) is 27.8. The van der Waals surface area contributed by atoms with Crippen LogP contribution >= 0.6 is 0 Å².